The van der Waals surface area contributed by atoms with Gasteiger partial charge >= 0.3 is 0 Å². The van der Waals surface area contributed by atoms with Crippen LogP contribution in [0.1, 0.15) is 55.8 Å². The molecule has 1 amide bonds. The Morgan fingerprint density at radius 2 is 1.67 bits per heavy atom. The first-order valence-corrected chi connectivity index (χ1v) is 12.8. The highest BCUT2D eigenvalue weighted by atomic mass is 35.5. The first-order valence-electron chi connectivity index (χ1n) is 12.1. The van der Waals surface area contributed by atoms with Crippen molar-refractivity contribution in [3.8, 4) is 11.3 Å². The highest BCUT2D eigenvalue weighted by molar-refractivity contribution is 6.36. The van der Waals surface area contributed by atoms with Crippen LogP contribution in [0.4, 0.5) is 0 Å². The second-order valence-corrected chi connectivity index (χ2v) is 11.5. The van der Waals surface area contributed by atoms with E-state index in [1.54, 1.807) is 12.1 Å². The van der Waals surface area contributed by atoms with Crippen LogP contribution in [-0.4, -0.2) is 16.9 Å². The lowest BCUT2D eigenvalue weighted by atomic mass is 9.48. The number of benzene rings is 2. The van der Waals surface area contributed by atoms with Crippen LogP contribution in [-0.2, 0) is 0 Å². The lowest BCUT2D eigenvalue weighted by molar-refractivity contribution is -0.0687. The van der Waals surface area contributed by atoms with Crippen molar-refractivity contribution in [2.75, 3.05) is 0 Å². The van der Waals surface area contributed by atoms with Crippen molar-refractivity contribution in [3.05, 3.63) is 64.1 Å². The lowest BCUT2D eigenvalue weighted by Crippen LogP contribution is -2.55. The van der Waals surface area contributed by atoms with Crippen LogP contribution in [0.25, 0.3) is 22.2 Å². The maximum atomic E-state index is 13.7. The van der Waals surface area contributed by atoms with E-state index in [-0.39, 0.29) is 17.4 Å². The van der Waals surface area contributed by atoms with Gasteiger partial charge in [-0.2, -0.15) is 0 Å². The number of nitrogens with zero attached hydrogens (tertiary/aromatic N) is 1. The molecule has 2 aromatic carbocycles. The van der Waals surface area contributed by atoms with Crippen LogP contribution in [0.15, 0.2) is 48.5 Å². The highest BCUT2D eigenvalue weighted by Gasteiger charge is 2.53. The molecule has 4 aliphatic carbocycles. The van der Waals surface area contributed by atoms with Gasteiger partial charge in [-0.05, 0) is 98.9 Å². The van der Waals surface area contributed by atoms with E-state index in [1.165, 1.54) is 38.5 Å². The molecule has 1 aromatic heterocycles. The summed E-state index contributed by atoms with van der Waals surface area (Å²) in [7, 11) is 0. The third-order valence-corrected chi connectivity index (χ3v) is 9.07. The van der Waals surface area contributed by atoms with Gasteiger partial charge in [0.2, 0.25) is 0 Å². The number of rotatable bonds is 4. The normalized spacial score (nSPS) is 28.8. The van der Waals surface area contributed by atoms with Crippen molar-refractivity contribution >= 4 is 40.0 Å². The molecule has 3 aromatic rings. The average molecular weight is 479 g/mol. The lowest BCUT2D eigenvalue weighted by Gasteiger charge is -2.59. The fourth-order valence-electron chi connectivity index (χ4n) is 7.33. The molecule has 0 aliphatic heterocycles. The third-order valence-electron chi connectivity index (χ3n) is 8.52. The van der Waals surface area contributed by atoms with E-state index < -0.39 is 0 Å². The maximum absolute atomic E-state index is 13.7. The molecule has 1 atom stereocenters. The number of fused-ring (bicyclic) bond motifs is 1. The molecule has 1 heterocycles. The maximum Gasteiger partial charge on any atom is 0.252 e. The zero-order valence-electron chi connectivity index (χ0n) is 18.8. The molecule has 33 heavy (non-hydrogen) atoms. The van der Waals surface area contributed by atoms with Crippen molar-refractivity contribution in [3.63, 3.8) is 0 Å². The molecule has 4 saturated carbocycles. The van der Waals surface area contributed by atoms with Crippen molar-refractivity contribution in [2.24, 2.45) is 23.2 Å². The molecular weight excluding hydrogens is 451 g/mol. The SMILES string of the molecule is C[C@H](NC(=O)c1cc(-c2ccc(Cl)cc2Cl)nc2ccccc12)C12CC3CC(CC(C3)C1)C2. The molecule has 5 heteroatoms. The predicted molar refractivity (Wildman–Crippen MR) is 135 cm³/mol. The molecule has 3 nitrogen and oxygen atoms in total. The Morgan fingerprint density at radius 3 is 2.33 bits per heavy atom. The van der Waals surface area contributed by atoms with Gasteiger partial charge in [-0.3, -0.25) is 4.79 Å². The summed E-state index contributed by atoms with van der Waals surface area (Å²) >= 11 is 12.6. The van der Waals surface area contributed by atoms with Crippen molar-refractivity contribution in [1.29, 1.82) is 0 Å². The van der Waals surface area contributed by atoms with Gasteiger partial charge in [0, 0.05) is 22.0 Å². The Bertz CT molecular complexity index is 1220. The van der Waals surface area contributed by atoms with Crippen molar-refractivity contribution in [2.45, 2.75) is 51.5 Å². The molecular formula is C28H28Cl2N2O. The van der Waals surface area contributed by atoms with Crippen molar-refractivity contribution in [1.82, 2.24) is 10.3 Å². The van der Waals surface area contributed by atoms with E-state index in [9.17, 15) is 4.79 Å². The number of amides is 1. The summed E-state index contributed by atoms with van der Waals surface area (Å²) in [4.78, 5) is 18.5. The van der Waals surface area contributed by atoms with Crippen LogP contribution < -0.4 is 5.32 Å². The van der Waals surface area contributed by atoms with E-state index >= 15 is 0 Å². The first kappa shape index (κ1) is 21.4. The van der Waals surface area contributed by atoms with Gasteiger partial charge in [-0.1, -0.05) is 41.4 Å². The number of carbonyl (C=O) groups is 1. The number of carbonyl (C=O) groups excluding carboxylic acids is 1. The summed E-state index contributed by atoms with van der Waals surface area (Å²) < 4.78 is 0. The van der Waals surface area contributed by atoms with Gasteiger partial charge in [-0.25, -0.2) is 4.98 Å². The predicted octanol–water partition coefficient (Wildman–Crippen LogP) is 7.54. The van der Waals surface area contributed by atoms with E-state index in [1.807, 2.05) is 36.4 Å². The van der Waals surface area contributed by atoms with Gasteiger partial charge in [0.1, 0.15) is 0 Å². The van der Waals surface area contributed by atoms with Crippen LogP contribution in [0.3, 0.4) is 0 Å². The topological polar surface area (TPSA) is 42.0 Å². The third kappa shape index (κ3) is 3.74. The summed E-state index contributed by atoms with van der Waals surface area (Å²) in [6.07, 6.45) is 8.01. The van der Waals surface area contributed by atoms with Gasteiger partial charge in [0.15, 0.2) is 0 Å². The standard InChI is InChI=1S/C28H28Cl2N2O/c1-16(28-13-17-8-18(14-28)10-19(9-17)15-28)31-27(33)23-12-26(22-7-6-20(29)11-24(22)30)32-25-5-3-2-4-21(23)25/h2-7,11-12,16-19H,8-10,13-15H2,1H3,(H,31,33)/t16-,17?,18?,19?,28?/m0/s1. The van der Waals surface area contributed by atoms with E-state index in [0.29, 0.717) is 21.3 Å². The minimum absolute atomic E-state index is 0.0248. The molecule has 0 spiro atoms. The molecule has 0 saturated heterocycles. The van der Waals surface area contributed by atoms with Crippen LogP contribution in [0.2, 0.25) is 10.0 Å². The zero-order valence-corrected chi connectivity index (χ0v) is 20.3. The minimum atomic E-state index is -0.0248. The number of nitrogens with one attached hydrogen (secondary N) is 1. The van der Waals surface area contributed by atoms with Crippen molar-refractivity contribution < 1.29 is 4.79 Å². The van der Waals surface area contributed by atoms with Gasteiger partial charge in [-0.15, -0.1) is 0 Å². The second-order valence-electron chi connectivity index (χ2n) is 10.7. The molecule has 1 N–H and O–H groups in total. The molecule has 170 valence electrons. The van der Waals surface area contributed by atoms with Crippen LogP contribution in [0.5, 0.6) is 0 Å². The monoisotopic (exact) mass is 478 g/mol. The summed E-state index contributed by atoms with van der Waals surface area (Å²) in [6.45, 7) is 2.23. The van der Waals surface area contributed by atoms with Gasteiger partial charge in [0.25, 0.3) is 5.91 Å². The number of aromatic nitrogens is 1. The fraction of sp³-hybridized carbons (Fsp3) is 0.429. The number of pyridine rings is 1. The summed E-state index contributed by atoms with van der Waals surface area (Å²) in [5.74, 6) is 2.55. The summed E-state index contributed by atoms with van der Waals surface area (Å²) in [6, 6.07) is 15.2. The number of hydrogen-bond donors (Lipinski definition) is 1. The first-order chi connectivity index (χ1) is 15.9. The van der Waals surface area contributed by atoms with Crippen LogP contribution in [0, 0.1) is 23.2 Å². The molecule has 0 unspecified atom stereocenters. The number of halogens is 2. The molecule has 4 bridgehead atoms. The molecule has 7 rings (SSSR count). The second kappa shape index (κ2) is 7.99. The smallest absolute Gasteiger partial charge is 0.252 e. The quantitative estimate of drug-likeness (QED) is 0.420. The molecule has 4 fully saturated rings. The van der Waals surface area contributed by atoms with E-state index in [2.05, 4.69) is 12.2 Å². The zero-order chi connectivity index (χ0) is 22.7. The van der Waals surface area contributed by atoms with E-state index in [4.69, 9.17) is 28.2 Å². The Balaban J connectivity index is 1.35. The molecule has 0 radical (unpaired) electrons. The summed E-state index contributed by atoms with van der Waals surface area (Å²) in [5, 5.41) is 5.39. The minimum Gasteiger partial charge on any atom is -0.349 e. The Labute approximate surface area is 204 Å². The largest absolute Gasteiger partial charge is 0.349 e. The number of para-hydroxylation sites is 1. The number of hydrogen-bond acceptors (Lipinski definition) is 2. The Kier molecular flexibility index (Phi) is 5.19. The van der Waals surface area contributed by atoms with E-state index in [0.717, 1.165) is 34.2 Å². The van der Waals surface area contributed by atoms with Crippen LogP contribution >= 0.6 is 23.2 Å². The summed E-state index contributed by atoms with van der Waals surface area (Å²) in [5.41, 5.74) is 3.15. The van der Waals surface area contributed by atoms with Gasteiger partial charge in [0.05, 0.1) is 21.8 Å². The highest BCUT2D eigenvalue weighted by Crippen LogP contribution is 2.61. The fourth-order valence-corrected chi connectivity index (χ4v) is 7.84. The Hall–Kier alpha value is -2.10. The Morgan fingerprint density at radius 1 is 1.00 bits per heavy atom. The molecule has 4 aliphatic rings. The van der Waals surface area contributed by atoms with Gasteiger partial charge < -0.3 is 5.32 Å². The average Bonchev–Trinajstić information content (AvgIpc) is 2.77.